The van der Waals surface area contributed by atoms with Gasteiger partial charge in [0.25, 0.3) is 11.8 Å². The first-order valence-electron chi connectivity index (χ1n) is 8.18. The average molecular weight is 349 g/mol. The molecule has 0 radical (unpaired) electrons. The summed E-state index contributed by atoms with van der Waals surface area (Å²) < 4.78 is 0. The number of primary amides is 1. The second-order valence-corrected chi connectivity index (χ2v) is 6.45. The molecule has 1 aromatic carbocycles. The van der Waals surface area contributed by atoms with Gasteiger partial charge in [0.1, 0.15) is 5.69 Å². The summed E-state index contributed by atoms with van der Waals surface area (Å²) in [7, 11) is 1.64. The highest BCUT2D eigenvalue weighted by molar-refractivity contribution is 5.92. The molecule has 2 amide bonds. The summed E-state index contributed by atoms with van der Waals surface area (Å²) in [5.74, 6) is 4.60. The summed E-state index contributed by atoms with van der Waals surface area (Å²) in [6.45, 7) is 2.34. The molecule has 0 aliphatic carbocycles. The van der Waals surface area contributed by atoms with Gasteiger partial charge in [-0.25, -0.2) is 4.98 Å². The van der Waals surface area contributed by atoms with Crippen LogP contribution in [0.1, 0.15) is 28.0 Å². The van der Waals surface area contributed by atoms with E-state index < -0.39 is 11.5 Å². The van der Waals surface area contributed by atoms with Crippen molar-refractivity contribution in [2.24, 2.45) is 5.73 Å². The van der Waals surface area contributed by atoms with Gasteiger partial charge >= 0.3 is 0 Å². The average Bonchev–Trinajstić information content (AvgIpc) is 2.88. The molecule has 1 aliphatic heterocycles. The molecule has 1 aromatic heterocycles. The van der Waals surface area contributed by atoms with Crippen molar-refractivity contribution >= 4 is 11.8 Å². The fourth-order valence-corrected chi connectivity index (χ4v) is 2.84. The van der Waals surface area contributed by atoms with Gasteiger partial charge in [-0.05, 0) is 36.8 Å². The van der Waals surface area contributed by atoms with E-state index in [1.165, 1.54) is 4.90 Å². The van der Waals surface area contributed by atoms with Crippen molar-refractivity contribution in [3.63, 3.8) is 0 Å². The first-order chi connectivity index (χ1) is 12.3. The van der Waals surface area contributed by atoms with E-state index in [2.05, 4.69) is 16.8 Å². The van der Waals surface area contributed by atoms with E-state index in [0.29, 0.717) is 17.8 Å². The number of nitrogens with two attached hydrogens (primary N) is 1. The lowest BCUT2D eigenvalue weighted by molar-refractivity contribution is -0.137. The van der Waals surface area contributed by atoms with E-state index in [0.717, 1.165) is 11.1 Å². The van der Waals surface area contributed by atoms with Crippen LogP contribution in [0, 0.1) is 18.8 Å². The fourth-order valence-electron chi connectivity index (χ4n) is 2.84. The summed E-state index contributed by atoms with van der Waals surface area (Å²) in [5.41, 5.74) is 6.78. The molecule has 132 valence electrons. The van der Waals surface area contributed by atoms with Gasteiger partial charge in [-0.3, -0.25) is 9.59 Å². The van der Waals surface area contributed by atoms with E-state index in [4.69, 9.17) is 5.73 Å². The Kier molecular flexibility index (Phi) is 4.49. The molecule has 0 spiro atoms. The number of likely N-dealkylation sites (tertiary alicyclic amines) is 1. The zero-order valence-corrected chi connectivity index (χ0v) is 14.6. The smallest absolute Gasteiger partial charge is 0.267 e. The highest BCUT2D eigenvalue weighted by atomic mass is 16.3. The number of hydrogen-bond acceptors (Lipinski definition) is 4. The molecular weight excluding hydrogens is 330 g/mol. The number of nitrogens with zero attached hydrogens (tertiary/aromatic N) is 2. The quantitative estimate of drug-likeness (QED) is 0.794. The van der Waals surface area contributed by atoms with Crippen LogP contribution in [0.3, 0.4) is 0 Å². The number of benzene rings is 1. The van der Waals surface area contributed by atoms with Crippen molar-refractivity contribution in [1.29, 1.82) is 0 Å². The molecule has 0 bridgehead atoms. The Hall–Kier alpha value is -3.17. The molecule has 6 heteroatoms. The van der Waals surface area contributed by atoms with Crippen LogP contribution in [0.15, 0.2) is 36.4 Å². The molecule has 2 aromatic rings. The van der Waals surface area contributed by atoms with Crippen molar-refractivity contribution in [3.05, 3.63) is 53.2 Å². The van der Waals surface area contributed by atoms with Gasteiger partial charge in [0.2, 0.25) is 5.60 Å². The molecule has 0 unspecified atom stereocenters. The number of amides is 2. The van der Waals surface area contributed by atoms with Gasteiger partial charge in [-0.15, -0.1) is 0 Å². The Morgan fingerprint density at radius 3 is 2.77 bits per heavy atom. The highest BCUT2D eigenvalue weighted by Gasteiger charge is 2.42. The number of likely N-dealkylation sites (N-methyl/N-ethyl adjacent to an activating group) is 1. The first kappa shape index (κ1) is 17.6. The van der Waals surface area contributed by atoms with Gasteiger partial charge in [0.15, 0.2) is 0 Å². The minimum absolute atomic E-state index is 0.199. The second-order valence-electron chi connectivity index (χ2n) is 6.45. The lowest BCUT2D eigenvalue weighted by Gasteiger charge is -2.13. The second kappa shape index (κ2) is 6.62. The SMILES string of the molecule is Cc1cc(C(N)=O)nc(-c2cccc(C#C[C@]3(O)CCN(C)C3=O)c2)c1. The maximum atomic E-state index is 12.0. The summed E-state index contributed by atoms with van der Waals surface area (Å²) >= 11 is 0. The van der Waals surface area contributed by atoms with Gasteiger partial charge < -0.3 is 15.7 Å². The summed E-state index contributed by atoms with van der Waals surface area (Å²) in [4.78, 5) is 29.2. The molecule has 1 aliphatic rings. The zero-order chi connectivity index (χ0) is 18.9. The van der Waals surface area contributed by atoms with Crippen molar-refractivity contribution < 1.29 is 14.7 Å². The summed E-state index contributed by atoms with van der Waals surface area (Å²) in [6.07, 6.45) is 0.288. The molecular formula is C20H19N3O3. The maximum absolute atomic E-state index is 12.0. The molecule has 1 fully saturated rings. The van der Waals surface area contributed by atoms with Crippen LogP contribution >= 0.6 is 0 Å². The van der Waals surface area contributed by atoms with Crippen molar-refractivity contribution in [1.82, 2.24) is 9.88 Å². The molecule has 0 saturated carbocycles. The third kappa shape index (κ3) is 3.44. The van der Waals surface area contributed by atoms with Crippen molar-refractivity contribution in [3.8, 4) is 23.1 Å². The Balaban J connectivity index is 1.95. The number of carbonyl (C=O) groups excluding carboxylic acids is 2. The van der Waals surface area contributed by atoms with E-state index >= 15 is 0 Å². The zero-order valence-electron chi connectivity index (χ0n) is 14.6. The number of aryl methyl sites for hydroxylation is 1. The molecule has 1 atom stereocenters. The highest BCUT2D eigenvalue weighted by Crippen LogP contribution is 2.22. The summed E-state index contributed by atoms with van der Waals surface area (Å²) in [5, 5.41) is 10.4. The van der Waals surface area contributed by atoms with Crippen LogP contribution in [0.4, 0.5) is 0 Å². The number of pyridine rings is 1. The minimum atomic E-state index is -1.63. The topological polar surface area (TPSA) is 96.5 Å². The predicted molar refractivity (Wildman–Crippen MR) is 97.0 cm³/mol. The number of hydrogen-bond donors (Lipinski definition) is 2. The van der Waals surface area contributed by atoms with E-state index in [9.17, 15) is 14.7 Å². The number of rotatable bonds is 2. The molecule has 3 rings (SSSR count). The minimum Gasteiger partial charge on any atom is -0.369 e. The van der Waals surface area contributed by atoms with Crippen LogP contribution in [0.25, 0.3) is 11.3 Å². The third-order valence-corrected chi connectivity index (χ3v) is 4.30. The molecule has 26 heavy (non-hydrogen) atoms. The lowest BCUT2D eigenvalue weighted by atomic mass is 10.0. The molecule has 3 N–H and O–H groups in total. The Labute approximate surface area is 151 Å². The normalized spacial score (nSPS) is 19.2. The van der Waals surface area contributed by atoms with Gasteiger partial charge in [-0.1, -0.05) is 24.0 Å². The first-order valence-corrected chi connectivity index (χ1v) is 8.18. The van der Waals surface area contributed by atoms with E-state index in [1.54, 1.807) is 31.3 Å². The fraction of sp³-hybridized carbons (Fsp3) is 0.250. The lowest BCUT2D eigenvalue weighted by Crippen LogP contribution is -2.37. The third-order valence-electron chi connectivity index (χ3n) is 4.30. The molecule has 2 heterocycles. The van der Waals surface area contributed by atoms with E-state index in [-0.39, 0.29) is 18.0 Å². The van der Waals surface area contributed by atoms with Crippen LogP contribution in [0.2, 0.25) is 0 Å². The molecule has 6 nitrogen and oxygen atoms in total. The van der Waals surface area contributed by atoms with Crippen molar-refractivity contribution in [2.75, 3.05) is 13.6 Å². The predicted octanol–water partition coefficient (Wildman–Crippen LogP) is 1.10. The van der Waals surface area contributed by atoms with Gasteiger partial charge in [0, 0.05) is 31.1 Å². The number of aliphatic hydroxyl groups is 1. The maximum Gasteiger partial charge on any atom is 0.267 e. The Morgan fingerprint density at radius 2 is 2.12 bits per heavy atom. The largest absolute Gasteiger partial charge is 0.369 e. The number of aromatic nitrogens is 1. The van der Waals surface area contributed by atoms with Crippen LogP contribution < -0.4 is 5.73 Å². The summed E-state index contributed by atoms with van der Waals surface area (Å²) in [6, 6.07) is 10.7. The Morgan fingerprint density at radius 1 is 1.35 bits per heavy atom. The van der Waals surface area contributed by atoms with E-state index in [1.807, 2.05) is 19.1 Å². The standard InChI is InChI=1S/C20H19N3O3/c1-13-10-16(22-17(11-13)18(21)24)15-5-3-4-14(12-15)6-7-20(26)8-9-23(2)19(20)25/h3-5,10-12,26H,8-9H2,1-2H3,(H2,21,24)/t20-/m0/s1. The Bertz CT molecular complexity index is 958. The van der Waals surface area contributed by atoms with Crippen LogP contribution in [-0.4, -0.2) is 46.0 Å². The van der Waals surface area contributed by atoms with Crippen LogP contribution in [-0.2, 0) is 4.79 Å². The molecule has 1 saturated heterocycles. The number of carbonyl (C=O) groups is 2. The van der Waals surface area contributed by atoms with Gasteiger partial charge in [0.05, 0.1) is 5.69 Å². The monoisotopic (exact) mass is 349 g/mol. The van der Waals surface area contributed by atoms with Crippen LogP contribution in [0.5, 0.6) is 0 Å². The van der Waals surface area contributed by atoms with Crippen molar-refractivity contribution in [2.45, 2.75) is 18.9 Å². The van der Waals surface area contributed by atoms with Gasteiger partial charge in [-0.2, -0.15) is 0 Å².